The summed E-state index contributed by atoms with van der Waals surface area (Å²) in [5, 5.41) is 15.6. The van der Waals surface area contributed by atoms with Crippen LogP contribution in [0.15, 0.2) is 10.6 Å². The molecule has 122 valence electrons. The Kier molecular flexibility index (Phi) is 4.27. The van der Waals surface area contributed by atoms with Gasteiger partial charge in [0, 0.05) is 26.1 Å². The number of nitrogens with zero attached hydrogens (tertiary/aromatic N) is 4. The Morgan fingerprint density at radius 1 is 1.39 bits per heavy atom. The predicted molar refractivity (Wildman–Crippen MR) is 85.3 cm³/mol. The Morgan fingerprint density at radius 3 is 2.96 bits per heavy atom. The van der Waals surface area contributed by atoms with Gasteiger partial charge in [0.15, 0.2) is 0 Å². The minimum absolute atomic E-state index is 0.0203. The van der Waals surface area contributed by atoms with E-state index >= 15 is 0 Å². The molecule has 1 aliphatic heterocycles. The van der Waals surface area contributed by atoms with Crippen LogP contribution in [0.4, 0.5) is 5.82 Å². The van der Waals surface area contributed by atoms with Crippen LogP contribution in [0.2, 0.25) is 0 Å². The average Bonchev–Trinajstić information content (AvgIpc) is 2.94. The first-order valence-electron chi connectivity index (χ1n) is 7.97. The molecular formula is C16H21N5O2. The highest BCUT2D eigenvalue weighted by Crippen LogP contribution is 2.23. The smallest absolute Gasteiger partial charge is 0.259 e. The molecule has 0 spiro atoms. The summed E-state index contributed by atoms with van der Waals surface area (Å²) in [6.07, 6.45) is 1.39. The van der Waals surface area contributed by atoms with Gasteiger partial charge in [0.1, 0.15) is 17.1 Å². The zero-order valence-corrected chi connectivity index (χ0v) is 13.7. The molecule has 1 N–H and O–H groups in total. The second-order valence-corrected chi connectivity index (χ2v) is 5.62. The maximum Gasteiger partial charge on any atom is 0.259 e. The van der Waals surface area contributed by atoms with Crippen LogP contribution in [-0.4, -0.2) is 39.3 Å². The summed E-state index contributed by atoms with van der Waals surface area (Å²) < 4.78 is 5.19. The first kappa shape index (κ1) is 15.5. The number of carbonyl (C=O) groups excluding carboxylic acids is 1. The van der Waals surface area contributed by atoms with E-state index in [1.165, 1.54) is 0 Å². The van der Waals surface area contributed by atoms with Crippen LogP contribution >= 0.6 is 0 Å². The molecule has 23 heavy (non-hydrogen) atoms. The summed E-state index contributed by atoms with van der Waals surface area (Å²) in [5.74, 6) is 1.31. The number of rotatable bonds is 4. The van der Waals surface area contributed by atoms with Crippen LogP contribution in [-0.2, 0) is 19.4 Å². The van der Waals surface area contributed by atoms with Crippen molar-refractivity contribution in [1.82, 2.24) is 20.3 Å². The average molecular weight is 315 g/mol. The number of hydrogen-bond acceptors (Lipinski definition) is 6. The summed E-state index contributed by atoms with van der Waals surface area (Å²) in [6.45, 7) is 7.72. The number of carbonyl (C=O) groups is 1. The van der Waals surface area contributed by atoms with Gasteiger partial charge in [-0.3, -0.25) is 4.79 Å². The van der Waals surface area contributed by atoms with Crippen molar-refractivity contribution in [2.45, 2.75) is 40.2 Å². The number of aryl methyl sites for hydroxylation is 2. The fraction of sp³-hybridized carbons (Fsp3) is 0.500. The van der Waals surface area contributed by atoms with Gasteiger partial charge < -0.3 is 14.7 Å². The number of fused-ring (bicyclic) bond motifs is 1. The molecule has 1 aliphatic rings. The summed E-state index contributed by atoms with van der Waals surface area (Å²) in [5.41, 5.74) is 3.33. The molecule has 0 aromatic carbocycles. The van der Waals surface area contributed by atoms with Gasteiger partial charge in [0.2, 0.25) is 0 Å². The molecule has 0 unspecified atom stereocenters. The van der Waals surface area contributed by atoms with Crippen molar-refractivity contribution in [2.75, 3.05) is 18.4 Å². The third-order valence-corrected chi connectivity index (χ3v) is 4.07. The normalized spacial score (nSPS) is 13.8. The van der Waals surface area contributed by atoms with Gasteiger partial charge in [-0.15, -0.1) is 5.10 Å². The predicted octanol–water partition coefficient (Wildman–Crippen LogP) is 1.97. The molecule has 1 amide bonds. The highest BCUT2D eigenvalue weighted by Gasteiger charge is 2.28. The van der Waals surface area contributed by atoms with E-state index in [0.29, 0.717) is 37.3 Å². The van der Waals surface area contributed by atoms with E-state index in [1.54, 1.807) is 6.92 Å². The number of nitrogens with one attached hydrogen (secondary N) is 1. The quantitative estimate of drug-likeness (QED) is 0.928. The Bertz CT molecular complexity index is 725. The van der Waals surface area contributed by atoms with Gasteiger partial charge in [-0.05, 0) is 31.9 Å². The van der Waals surface area contributed by atoms with Crippen molar-refractivity contribution in [1.29, 1.82) is 0 Å². The number of anilines is 1. The van der Waals surface area contributed by atoms with E-state index < -0.39 is 0 Å². The van der Waals surface area contributed by atoms with Crippen molar-refractivity contribution in [3.8, 4) is 0 Å². The van der Waals surface area contributed by atoms with Crippen LogP contribution in [0.1, 0.15) is 46.9 Å². The highest BCUT2D eigenvalue weighted by molar-refractivity contribution is 5.96. The molecule has 0 aliphatic carbocycles. The second-order valence-electron chi connectivity index (χ2n) is 5.62. The van der Waals surface area contributed by atoms with E-state index in [4.69, 9.17) is 4.52 Å². The van der Waals surface area contributed by atoms with E-state index in [1.807, 2.05) is 24.8 Å². The summed E-state index contributed by atoms with van der Waals surface area (Å²) in [4.78, 5) is 14.7. The number of aromatic nitrogens is 3. The van der Waals surface area contributed by atoms with E-state index in [-0.39, 0.29) is 5.91 Å². The fourth-order valence-corrected chi connectivity index (χ4v) is 2.86. The molecule has 3 heterocycles. The molecule has 7 nitrogen and oxygen atoms in total. The van der Waals surface area contributed by atoms with Crippen LogP contribution in [0.25, 0.3) is 0 Å². The SMILES string of the molecule is CCNc1cc2c(nn1)CCN(C(=O)c1c(CC)noc1C)C2. The van der Waals surface area contributed by atoms with Crippen LogP contribution in [0.3, 0.4) is 0 Å². The van der Waals surface area contributed by atoms with Crippen molar-refractivity contribution >= 4 is 11.7 Å². The van der Waals surface area contributed by atoms with Gasteiger partial charge in [-0.1, -0.05) is 12.1 Å². The monoisotopic (exact) mass is 315 g/mol. The molecule has 0 atom stereocenters. The minimum atomic E-state index is -0.0203. The molecule has 2 aromatic rings. The summed E-state index contributed by atoms with van der Waals surface area (Å²) in [7, 11) is 0. The third kappa shape index (κ3) is 2.91. The number of hydrogen-bond donors (Lipinski definition) is 1. The van der Waals surface area contributed by atoms with E-state index in [2.05, 4.69) is 20.7 Å². The van der Waals surface area contributed by atoms with Gasteiger partial charge in [0.05, 0.1) is 11.4 Å². The zero-order chi connectivity index (χ0) is 16.4. The molecule has 0 bridgehead atoms. The molecular weight excluding hydrogens is 294 g/mol. The lowest BCUT2D eigenvalue weighted by Crippen LogP contribution is -2.37. The van der Waals surface area contributed by atoms with Crippen molar-refractivity contribution in [3.63, 3.8) is 0 Å². The van der Waals surface area contributed by atoms with Gasteiger partial charge in [-0.2, -0.15) is 5.10 Å². The fourth-order valence-electron chi connectivity index (χ4n) is 2.86. The first-order chi connectivity index (χ1) is 11.1. The largest absolute Gasteiger partial charge is 0.369 e. The maximum absolute atomic E-state index is 12.9. The minimum Gasteiger partial charge on any atom is -0.369 e. The first-order valence-corrected chi connectivity index (χ1v) is 7.97. The topological polar surface area (TPSA) is 84.2 Å². The van der Waals surface area contributed by atoms with E-state index in [9.17, 15) is 4.79 Å². The summed E-state index contributed by atoms with van der Waals surface area (Å²) in [6, 6.07) is 1.98. The molecule has 0 saturated heterocycles. The van der Waals surface area contributed by atoms with Gasteiger partial charge >= 0.3 is 0 Å². The van der Waals surface area contributed by atoms with Crippen LogP contribution in [0.5, 0.6) is 0 Å². The zero-order valence-electron chi connectivity index (χ0n) is 13.7. The lowest BCUT2D eigenvalue weighted by Gasteiger charge is -2.28. The standard InChI is InChI=1S/C16H21N5O2/c1-4-12-15(10(3)23-20-12)16(22)21-7-6-13-11(9-21)8-14(17-5-2)19-18-13/h8H,4-7,9H2,1-3H3,(H,17,19). The Hall–Kier alpha value is -2.44. The maximum atomic E-state index is 12.9. The molecule has 2 aromatic heterocycles. The van der Waals surface area contributed by atoms with Crippen LogP contribution < -0.4 is 5.32 Å². The van der Waals surface area contributed by atoms with Gasteiger partial charge in [0.25, 0.3) is 5.91 Å². The lowest BCUT2D eigenvalue weighted by atomic mass is 10.0. The van der Waals surface area contributed by atoms with Gasteiger partial charge in [-0.25, -0.2) is 0 Å². The highest BCUT2D eigenvalue weighted by atomic mass is 16.5. The molecule has 7 heteroatoms. The van der Waals surface area contributed by atoms with Crippen molar-refractivity contribution in [2.24, 2.45) is 0 Å². The molecule has 3 rings (SSSR count). The molecule has 0 radical (unpaired) electrons. The van der Waals surface area contributed by atoms with Crippen LogP contribution in [0, 0.1) is 6.92 Å². The summed E-state index contributed by atoms with van der Waals surface area (Å²) >= 11 is 0. The second kappa shape index (κ2) is 6.36. The lowest BCUT2D eigenvalue weighted by molar-refractivity contribution is 0.0730. The molecule has 0 saturated carbocycles. The van der Waals surface area contributed by atoms with Crippen molar-refractivity contribution in [3.05, 3.63) is 34.3 Å². The third-order valence-electron chi connectivity index (χ3n) is 4.07. The Labute approximate surface area is 135 Å². The Balaban J connectivity index is 1.84. The number of amides is 1. The van der Waals surface area contributed by atoms with Crippen molar-refractivity contribution < 1.29 is 9.32 Å². The molecule has 0 fully saturated rings. The van der Waals surface area contributed by atoms with E-state index in [0.717, 1.165) is 29.3 Å². The Morgan fingerprint density at radius 2 is 2.22 bits per heavy atom.